The topological polar surface area (TPSA) is 114 Å². The minimum Gasteiger partial charge on any atom is -0.481 e. The van der Waals surface area contributed by atoms with Crippen LogP contribution in [0.15, 0.2) is 60.9 Å². The van der Waals surface area contributed by atoms with Crippen molar-refractivity contribution in [1.29, 1.82) is 0 Å². The molecule has 4 N–H and O–H groups in total. The molecule has 10 heteroatoms. The lowest BCUT2D eigenvalue weighted by molar-refractivity contribution is -0.139. The fourth-order valence-corrected chi connectivity index (χ4v) is 6.11. The number of fused-ring (bicyclic) bond motifs is 2. The lowest BCUT2D eigenvalue weighted by Crippen LogP contribution is -2.23. The number of imidazole rings is 1. The number of nitrogens with two attached hydrogens (primary N) is 1. The highest BCUT2D eigenvalue weighted by molar-refractivity contribution is 5.85. The zero-order valence-electron chi connectivity index (χ0n) is 20.4. The van der Waals surface area contributed by atoms with E-state index >= 15 is 0 Å². The van der Waals surface area contributed by atoms with Crippen molar-refractivity contribution in [3.05, 3.63) is 83.4 Å². The van der Waals surface area contributed by atoms with E-state index < -0.39 is 23.3 Å². The van der Waals surface area contributed by atoms with Gasteiger partial charge in [0.15, 0.2) is 0 Å². The fourth-order valence-electron chi connectivity index (χ4n) is 6.11. The molecule has 196 valence electrons. The molecule has 0 aliphatic heterocycles. The monoisotopic (exact) mass is 522 g/mol. The smallest absolute Gasteiger partial charge is 0.416 e. The van der Waals surface area contributed by atoms with Gasteiger partial charge >= 0.3 is 12.1 Å². The predicted molar refractivity (Wildman–Crippen MR) is 133 cm³/mol. The number of aliphatic carboxylic acids is 1. The van der Waals surface area contributed by atoms with Crippen molar-refractivity contribution in [2.75, 3.05) is 5.73 Å². The Morgan fingerprint density at radius 3 is 2.34 bits per heavy atom. The summed E-state index contributed by atoms with van der Waals surface area (Å²) in [6, 6.07) is 11.5. The predicted octanol–water partition coefficient (Wildman–Crippen LogP) is 5.08. The van der Waals surface area contributed by atoms with E-state index in [-0.39, 0.29) is 29.2 Å². The number of halogens is 3. The number of carbonyl (C=O) groups is 1. The largest absolute Gasteiger partial charge is 0.481 e. The van der Waals surface area contributed by atoms with Crippen LogP contribution >= 0.6 is 0 Å². The van der Waals surface area contributed by atoms with E-state index in [2.05, 4.69) is 4.98 Å². The van der Waals surface area contributed by atoms with Crippen molar-refractivity contribution < 1.29 is 28.2 Å². The molecule has 0 radical (unpaired) electrons. The zero-order chi connectivity index (χ0) is 27.0. The van der Waals surface area contributed by atoms with Crippen molar-refractivity contribution >= 4 is 17.3 Å². The van der Waals surface area contributed by atoms with Crippen LogP contribution in [0, 0.1) is 17.8 Å². The maximum absolute atomic E-state index is 13.2. The van der Waals surface area contributed by atoms with Gasteiger partial charge in [-0.05, 0) is 54.9 Å². The maximum Gasteiger partial charge on any atom is 0.416 e. The van der Waals surface area contributed by atoms with Gasteiger partial charge < -0.3 is 15.9 Å². The normalized spacial score (nSPS) is 24.2. The zero-order valence-corrected chi connectivity index (χ0v) is 20.4. The molecule has 2 aliphatic carbocycles. The van der Waals surface area contributed by atoms with E-state index in [0.29, 0.717) is 28.2 Å². The van der Waals surface area contributed by atoms with Crippen molar-refractivity contribution in [3.8, 4) is 11.3 Å². The Morgan fingerprint density at radius 2 is 1.71 bits per heavy atom. The molecule has 0 spiro atoms. The number of benzene rings is 2. The number of alkyl halides is 3. The van der Waals surface area contributed by atoms with Crippen LogP contribution in [0.5, 0.6) is 0 Å². The van der Waals surface area contributed by atoms with Crippen molar-refractivity contribution in [2.24, 2.45) is 17.8 Å². The molecule has 2 aromatic heterocycles. The van der Waals surface area contributed by atoms with Gasteiger partial charge in [-0.25, -0.2) is 9.97 Å². The quantitative estimate of drug-likeness (QED) is 0.337. The van der Waals surface area contributed by atoms with Crippen molar-refractivity contribution in [1.82, 2.24) is 14.4 Å². The van der Waals surface area contributed by atoms with Crippen LogP contribution in [0.3, 0.4) is 0 Å². The van der Waals surface area contributed by atoms with Gasteiger partial charge in [0.1, 0.15) is 28.5 Å². The molecule has 4 aromatic rings. The van der Waals surface area contributed by atoms with Crippen LogP contribution in [-0.4, -0.2) is 30.6 Å². The second-order valence-electron chi connectivity index (χ2n) is 10.4. The Hall–Kier alpha value is -3.92. The summed E-state index contributed by atoms with van der Waals surface area (Å²) in [5.74, 6) is 0.551. The molecular formula is C28H25F3N4O3. The van der Waals surface area contributed by atoms with Gasteiger partial charge in [-0.1, -0.05) is 36.4 Å². The Kier molecular flexibility index (Phi) is 5.33. The number of hydrogen-bond donors (Lipinski definition) is 3. The highest BCUT2D eigenvalue weighted by Gasteiger charge is 2.60. The van der Waals surface area contributed by atoms with Crippen LogP contribution in [-0.2, 0) is 16.6 Å². The first-order valence-electron chi connectivity index (χ1n) is 12.3. The average molecular weight is 523 g/mol. The third kappa shape index (κ3) is 3.82. The number of aromatic nitrogens is 3. The summed E-state index contributed by atoms with van der Waals surface area (Å²) in [5, 5.41) is 20.6. The summed E-state index contributed by atoms with van der Waals surface area (Å²) in [6.07, 6.45) is 0.381. The first-order chi connectivity index (χ1) is 18.0. The van der Waals surface area contributed by atoms with Gasteiger partial charge in [-0.2, -0.15) is 13.2 Å². The SMILES string of the molecule is C[C@@](O)(c1ccc(-c2nc(C3C[C@@H]4[C@H](C3)[C@@H]4C(=O)O)n3ccnc(N)c23)cc1)c1cccc(C(F)(F)F)c1. The summed E-state index contributed by atoms with van der Waals surface area (Å²) in [7, 11) is 0. The lowest BCUT2D eigenvalue weighted by Gasteiger charge is -2.25. The Morgan fingerprint density at radius 1 is 1.05 bits per heavy atom. The molecule has 5 atom stereocenters. The van der Waals surface area contributed by atoms with E-state index in [9.17, 15) is 28.2 Å². The Balaban J connectivity index is 1.34. The van der Waals surface area contributed by atoms with E-state index in [1.165, 1.54) is 19.1 Å². The number of rotatable bonds is 5. The first kappa shape index (κ1) is 24.4. The maximum atomic E-state index is 13.2. The highest BCUT2D eigenvalue weighted by Crippen LogP contribution is 2.62. The van der Waals surface area contributed by atoms with Crippen LogP contribution in [0.25, 0.3) is 16.8 Å². The molecule has 2 aliphatic rings. The minimum absolute atomic E-state index is 0.101. The van der Waals surface area contributed by atoms with E-state index in [1.807, 2.05) is 4.40 Å². The molecule has 0 bridgehead atoms. The summed E-state index contributed by atoms with van der Waals surface area (Å²) >= 11 is 0. The van der Waals surface area contributed by atoms with Gasteiger partial charge in [0.25, 0.3) is 0 Å². The summed E-state index contributed by atoms with van der Waals surface area (Å²) in [4.78, 5) is 20.5. The standard InChI is InChI=1S/C28H25F3N4O3/c1-27(38,17-3-2-4-18(13-17)28(29,30)31)16-7-5-14(6-8-16)22-23-24(32)33-9-10-35(23)25(34-22)15-11-19-20(12-15)21(19)26(36)37/h2-10,13,15,19-21,38H,11-12H2,1H3,(H2,32,33)(H,36,37)/t15?,19-,20+,21-,27-/m1/s1. The lowest BCUT2D eigenvalue weighted by atomic mass is 9.87. The number of nitrogens with zero attached hydrogens (tertiary/aromatic N) is 3. The number of carboxylic acid groups (broad SMARTS) is 1. The molecule has 1 unspecified atom stereocenters. The molecule has 2 heterocycles. The molecule has 2 fully saturated rings. The van der Waals surface area contributed by atoms with Gasteiger partial charge in [0.2, 0.25) is 0 Å². The Labute approximate surface area is 215 Å². The fraction of sp³-hybridized carbons (Fsp3) is 0.321. The van der Waals surface area contributed by atoms with Crippen LogP contribution in [0.4, 0.5) is 19.0 Å². The van der Waals surface area contributed by atoms with E-state index in [1.54, 1.807) is 36.7 Å². The van der Waals surface area contributed by atoms with E-state index in [4.69, 9.17) is 10.7 Å². The first-order valence-corrected chi connectivity index (χ1v) is 12.3. The third-order valence-corrected chi connectivity index (χ3v) is 8.18. The molecule has 0 amide bonds. The highest BCUT2D eigenvalue weighted by atomic mass is 19.4. The second kappa shape index (κ2) is 8.29. The molecule has 6 rings (SSSR count). The number of nitrogen functional groups attached to an aromatic ring is 1. The number of aliphatic hydroxyl groups is 1. The van der Waals surface area contributed by atoms with Crippen LogP contribution in [0.2, 0.25) is 0 Å². The minimum atomic E-state index is -4.52. The van der Waals surface area contributed by atoms with Crippen LogP contribution < -0.4 is 5.73 Å². The Bertz CT molecular complexity index is 1550. The van der Waals surface area contributed by atoms with Crippen molar-refractivity contribution in [2.45, 2.75) is 37.5 Å². The summed E-state index contributed by atoms with van der Waals surface area (Å²) in [6.45, 7) is 1.46. The summed E-state index contributed by atoms with van der Waals surface area (Å²) < 4.78 is 41.6. The molecule has 2 aromatic carbocycles. The summed E-state index contributed by atoms with van der Waals surface area (Å²) in [5.41, 5.74) is 6.26. The van der Waals surface area contributed by atoms with Gasteiger partial charge in [0, 0.05) is 23.9 Å². The molecule has 0 saturated heterocycles. The average Bonchev–Trinajstić information content (AvgIpc) is 3.20. The number of carboxylic acids is 1. The number of anilines is 1. The second-order valence-corrected chi connectivity index (χ2v) is 10.4. The molecular weight excluding hydrogens is 497 g/mol. The number of hydrogen-bond acceptors (Lipinski definition) is 5. The third-order valence-electron chi connectivity index (χ3n) is 8.18. The van der Waals surface area contributed by atoms with Gasteiger partial charge in [-0.15, -0.1) is 0 Å². The van der Waals surface area contributed by atoms with Gasteiger partial charge in [-0.3, -0.25) is 9.20 Å². The van der Waals surface area contributed by atoms with E-state index in [0.717, 1.165) is 30.8 Å². The van der Waals surface area contributed by atoms with Crippen molar-refractivity contribution in [3.63, 3.8) is 0 Å². The molecule has 7 nitrogen and oxygen atoms in total. The molecule has 38 heavy (non-hydrogen) atoms. The van der Waals surface area contributed by atoms with Gasteiger partial charge in [0.05, 0.1) is 11.5 Å². The molecule has 2 saturated carbocycles. The van der Waals surface area contributed by atoms with Crippen LogP contribution in [0.1, 0.15) is 48.2 Å².